The number of benzene rings is 1. The molecule has 2 amide bonds. The summed E-state index contributed by atoms with van der Waals surface area (Å²) in [6.07, 6.45) is -1.71. The minimum Gasteiger partial charge on any atom is -0.442 e. The van der Waals surface area contributed by atoms with E-state index in [4.69, 9.17) is 14.2 Å². The van der Waals surface area contributed by atoms with Gasteiger partial charge in [0.1, 0.15) is 6.10 Å². The maximum absolute atomic E-state index is 14.6. The Morgan fingerprint density at radius 1 is 1.25 bits per heavy atom. The minimum atomic E-state index is -1.28. The highest BCUT2D eigenvalue weighted by Gasteiger charge is 2.44. The highest BCUT2D eigenvalue weighted by molar-refractivity contribution is 5.90. The van der Waals surface area contributed by atoms with Crippen molar-refractivity contribution in [3.05, 3.63) is 24.3 Å². The van der Waals surface area contributed by atoms with Gasteiger partial charge >= 0.3 is 6.09 Å². The first kappa shape index (κ1) is 20.3. The molecule has 2 saturated heterocycles. The fraction of sp³-hybridized carbons (Fsp3) is 0.579. The fourth-order valence-corrected chi connectivity index (χ4v) is 3.59. The van der Waals surface area contributed by atoms with Gasteiger partial charge in [-0.15, -0.1) is 0 Å². The van der Waals surface area contributed by atoms with E-state index in [1.807, 2.05) is 17.0 Å². The number of ether oxygens (including phenoxy) is 3. The lowest BCUT2D eigenvalue weighted by atomic mass is 10.0. The minimum absolute atomic E-state index is 0.158. The first-order valence-electron chi connectivity index (χ1n) is 9.20. The number of alkyl halides is 1. The molecule has 154 valence electrons. The summed E-state index contributed by atoms with van der Waals surface area (Å²) in [6.45, 7) is 2.80. The first-order chi connectivity index (χ1) is 13.4. The Morgan fingerprint density at radius 3 is 2.46 bits per heavy atom. The van der Waals surface area contributed by atoms with Crippen molar-refractivity contribution in [2.24, 2.45) is 0 Å². The number of nitrogens with zero attached hydrogens (tertiary/aromatic N) is 2. The second-order valence-corrected chi connectivity index (χ2v) is 6.95. The summed E-state index contributed by atoms with van der Waals surface area (Å²) in [6, 6.07) is 7.31. The third kappa shape index (κ3) is 4.05. The molecule has 2 heterocycles. The van der Waals surface area contributed by atoms with Crippen LogP contribution in [0.15, 0.2) is 24.3 Å². The maximum atomic E-state index is 14.6. The van der Waals surface area contributed by atoms with Crippen molar-refractivity contribution < 1.29 is 28.2 Å². The molecule has 0 saturated carbocycles. The number of methoxy groups -OCH3 is 2. The van der Waals surface area contributed by atoms with Crippen LogP contribution in [0.3, 0.4) is 0 Å². The summed E-state index contributed by atoms with van der Waals surface area (Å²) in [4.78, 5) is 26.6. The molecule has 2 atom stereocenters. The van der Waals surface area contributed by atoms with E-state index in [-0.39, 0.29) is 25.1 Å². The topological polar surface area (TPSA) is 80.3 Å². The van der Waals surface area contributed by atoms with E-state index >= 15 is 0 Å². The molecule has 2 fully saturated rings. The van der Waals surface area contributed by atoms with Crippen LogP contribution >= 0.6 is 0 Å². The summed E-state index contributed by atoms with van der Waals surface area (Å²) >= 11 is 0. The predicted octanol–water partition coefficient (Wildman–Crippen LogP) is 1.69. The molecule has 28 heavy (non-hydrogen) atoms. The van der Waals surface area contributed by atoms with Crippen molar-refractivity contribution in [1.82, 2.24) is 5.32 Å². The third-order valence-electron chi connectivity index (χ3n) is 5.26. The second kappa shape index (κ2) is 8.32. The smallest absolute Gasteiger partial charge is 0.414 e. The number of hydrogen-bond donors (Lipinski definition) is 1. The number of piperidine rings is 1. The first-order valence-corrected chi connectivity index (χ1v) is 9.20. The Hall–Kier alpha value is -2.39. The molecule has 8 nitrogen and oxygen atoms in total. The highest BCUT2D eigenvalue weighted by atomic mass is 19.1. The van der Waals surface area contributed by atoms with Crippen molar-refractivity contribution in [3.8, 4) is 0 Å². The number of rotatable bonds is 6. The van der Waals surface area contributed by atoms with Crippen LogP contribution in [0.25, 0.3) is 0 Å². The number of nitrogens with one attached hydrogen (secondary N) is 1. The van der Waals surface area contributed by atoms with Crippen LogP contribution in [-0.4, -0.2) is 70.5 Å². The van der Waals surface area contributed by atoms with Crippen LogP contribution in [-0.2, 0) is 19.0 Å². The average molecular weight is 395 g/mol. The summed E-state index contributed by atoms with van der Waals surface area (Å²) in [5, 5.41) is 2.65. The van der Waals surface area contributed by atoms with Gasteiger partial charge in [-0.2, -0.15) is 0 Å². The van der Waals surface area contributed by atoms with Crippen LogP contribution in [0.5, 0.6) is 0 Å². The Balaban J connectivity index is 1.63. The molecule has 3 rings (SSSR count). The summed E-state index contributed by atoms with van der Waals surface area (Å²) in [5.74, 6) is -1.36. The van der Waals surface area contributed by atoms with Crippen LogP contribution in [0.2, 0.25) is 0 Å². The molecule has 0 spiro atoms. The molecular formula is C19H26FN3O5. The molecule has 0 aliphatic carbocycles. The molecule has 0 radical (unpaired) electrons. The van der Waals surface area contributed by atoms with E-state index in [0.29, 0.717) is 25.2 Å². The molecule has 0 bridgehead atoms. The Bertz CT molecular complexity index is 710. The number of carbonyl (C=O) groups is 2. The zero-order chi connectivity index (χ0) is 20.3. The Labute approximate surface area is 163 Å². The molecule has 1 unspecified atom stereocenters. The van der Waals surface area contributed by atoms with Gasteiger partial charge in [-0.3, -0.25) is 9.69 Å². The SMILES string of the molecule is COC1(OC)CCN(c2ccc(N3C[C@H](CNC(C)=O)OC3=O)cc2)CC1F. The molecule has 0 aromatic heterocycles. The van der Waals surface area contributed by atoms with Gasteiger partial charge in [-0.1, -0.05) is 0 Å². The van der Waals surface area contributed by atoms with Crippen LogP contribution in [0.4, 0.5) is 20.6 Å². The van der Waals surface area contributed by atoms with Gasteiger partial charge in [0.05, 0.1) is 19.6 Å². The van der Waals surface area contributed by atoms with Crippen molar-refractivity contribution >= 4 is 23.4 Å². The summed E-state index contributed by atoms with van der Waals surface area (Å²) in [5.41, 5.74) is 1.55. The average Bonchev–Trinajstić information content (AvgIpc) is 3.07. The number of hydrogen-bond acceptors (Lipinski definition) is 6. The van der Waals surface area contributed by atoms with Gasteiger partial charge in [-0.05, 0) is 24.3 Å². The van der Waals surface area contributed by atoms with Crippen molar-refractivity contribution in [2.75, 3.05) is 50.2 Å². The normalized spacial score (nSPS) is 24.2. The van der Waals surface area contributed by atoms with Crippen LogP contribution < -0.4 is 15.1 Å². The molecule has 1 aromatic carbocycles. The molecule has 1 aromatic rings. The van der Waals surface area contributed by atoms with Gasteiger partial charge in [-0.25, -0.2) is 9.18 Å². The van der Waals surface area contributed by atoms with E-state index in [2.05, 4.69) is 5.32 Å². The van der Waals surface area contributed by atoms with Gasteiger partial charge in [0, 0.05) is 45.5 Å². The number of cyclic esters (lactones) is 1. The third-order valence-corrected chi connectivity index (χ3v) is 5.26. The molecule has 9 heteroatoms. The summed E-state index contributed by atoms with van der Waals surface area (Å²) < 4.78 is 30.4. The second-order valence-electron chi connectivity index (χ2n) is 6.95. The fourth-order valence-electron chi connectivity index (χ4n) is 3.59. The number of halogens is 1. The Morgan fingerprint density at radius 2 is 1.89 bits per heavy atom. The molecule has 1 N–H and O–H groups in total. The molecular weight excluding hydrogens is 369 g/mol. The van der Waals surface area contributed by atoms with Gasteiger partial charge in [0.2, 0.25) is 11.7 Å². The van der Waals surface area contributed by atoms with E-state index in [9.17, 15) is 14.0 Å². The van der Waals surface area contributed by atoms with Gasteiger partial charge in [0.15, 0.2) is 6.17 Å². The molecule has 2 aliphatic heterocycles. The van der Waals surface area contributed by atoms with Crippen molar-refractivity contribution in [3.63, 3.8) is 0 Å². The van der Waals surface area contributed by atoms with E-state index < -0.39 is 18.1 Å². The van der Waals surface area contributed by atoms with Gasteiger partial charge < -0.3 is 24.4 Å². The summed E-state index contributed by atoms with van der Waals surface area (Å²) in [7, 11) is 2.91. The van der Waals surface area contributed by atoms with E-state index in [0.717, 1.165) is 5.69 Å². The lowest BCUT2D eigenvalue weighted by molar-refractivity contribution is -0.249. The lowest BCUT2D eigenvalue weighted by Crippen LogP contribution is -2.55. The van der Waals surface area contributed by atoms with Gasteiger partial charge in [0.25, 0.3) is 0 Å². The van der Waals surface area contributed by atoms with E-state index in [1.54, 1.807) is 12.1 Å². The number of amides is 2. The standard InChI is InChI=1S/C19H26FN3O5/c1-13(24)21-10-16-11-23(18(25)28-16)15-6-4-14(5-7-15)22-9-8-19(26-2,27-3)17(20)12-22/h4-7,16-17H,8-12H2,1-3H3,(H,21,24)/t16-,17?/m0/s1. The van der Waals surface area contributed by atoms with Crippen LogP contribution in [0.1, 0.15) is 13.3 Å². The largest absolute Gasteiger partial charge is 0.442 e. The zero-order valence-electron chi connectivity index (χ0n) is 16.3. The monoisotopic (exact) mass is 395 g/mol. The predicted molar refractivity (Wildman–Crippen MR) is 101 cm³/mol. The quantitative estimate of drug-likeness (QED) is 0.739. The molecule has 2 aliphatic rings. The Kier molecular flexibility index (Phi) is 6.04. The van der Waals surface area contributed by atoms with Crippen LogP contribution in [0, 0.1) is 0 Å². The lowest BCUT2D eigenvalue weighted by Gasteiger charge is -2.42. The van der Waals surface area contributed by atoms with E-state index in [1.165, 1.54) is 26.0 Å². The van der Waals surface area contributed by atoms with Crippen molar-refractivity contribution in [1.29, 1.82) is 0 Å². The number of anilines is 2. The van der Waals surface area contributed by atoms with Crippen molar-refractivity contribution in [2.45, 2.75) is 31.4 Å². The maximum Gasteiger partial charge on any atom is 0.414 e. The number of carbonyl (C=O) groups excluding carboxylic acids is 2. The highest BCUT2D eigenvalue weighted by Crippen LogP contribution is 2.33. The zero-order valence-corrected chi connectivity index (χ0v) is 16.3.